The summed E-state index contributed by atoms with van der Waals surface area (Å²) < 4.78 is 11.8. The van der Waals surface area contributed by atoms with Gasteiger partial charge in [-0.25, -0.2) is 4.98 Å². The average Bonchev–Trinajstić information content (AvgIpc) is 3.06. The second-order valence-electron chi connectivity index (χ2n) is 8.98. The van der Waals surface area contributed by atoms with Gasteiger partial charge in [0.05, 0.1) is 11.5 Å². The fraction of sp³-hybridized carbons (Fsp3) is 0.310. The van der Waals surface area contributed by atoms with Gasteiger partial charge < -0.3 is 14.4 Å². The van der Waals surface area contributed by atoms with Crippen LogP contribution >= 0.6 is 0 Å². The second kappa shape index (κ2) is 9.80. The third-order valence-corrected chi connectivity index (χ3v) is 7.04. The summed E-state index contributed by atoms with van der Waals surface area (Å²) in [4.78, 5) is 6.95. The third kappa shape index (κ3) is 4.35. The second-order valence-corrected chi connectivity index (χ2v) is 8.98. The molecule has 0 spiro atoms. The summed E-state index contributed by atoms with van der Waals surface area (Å²) >= 11 is 0. The van der Waals surface area contributed by atoms with Crippen LogP contribution in [0.4, 0.5) is 0 Å². The maximum atomic E-state index is 9.96. The maximum Gasteiger partial charge on any atom is 0.227 e. The Kier molecular flexibility index (Phi) is 6.44. The molecule has 0 bridgehead atoms. The van der Waals surface area contributed by atoms with Crippen LogP contribution in [-0.4, -0.2) is 42.7 Å². The number of methoxy groups -OCH3 is 1. The van der Waals surface area contributed by atoms with Crippen molar-refractivity contribution in [3.8, 4) is 11.9 Å². The fourth-order valence-electron chi connectivity index (χ4n) is 5.03. The lowest BCUT2D eigenvalue weighted by atomic mass is 9.74. The first-order chi connectivity index (χ1) is 16.7. The fourth-order valence-corrected chi connectivity index (χ4v) is 5.03. The Morgan fingerprint density at radius 1 is 1.21 bits per heavy atom. The van der Waals surface area contributed by atoms with Gasteiger partial charge in [-0.3, -0.25) is 0 Å². The zero-order valence-corrected chi connectivity index (χ0v) is 19.5. The van der Waals surface area contributed by atoms with Crippen molar-refractivity contribution in [1.82, 2.24) is 9.88 Å². The summed E-state index contributed by atoms with van der Waals surface area (Å²) in [6.07, 6.45) is 14.7. The highest BCUT2D eigenvalue weighted by Gasteiger charge is 2.36. The molecule has 2 aromatic rings. The van der Waals surface area contributed by atoms with Crippen LogP contribution in [0.2, 0.25) is 0 Å². The number of hydrogen-bond donors (Lipinski definition) is 0. The molecule has 1 aromatic carbocycles. The Hall–Kier alpha value is -3.46. The summed E-state index contributed by atoms with van der Waals surface area (Å²) in [5, 5.41) is 9.96. The van der Waals surface area contributed by atoms with Gasteiger partial charge in [0, 0.05) is 31.0 Å². The lowest BCUT2D eigenvalue weighted by Crippen LogP contribution is -2.42. The van der Waals surface area contributed by atoms with Crippen LogP contribution in [0.15, 0.2) is 90.4 Å². The number of hydrogen-bond acceptors (Lipinski definition) is 5. The first-order valence-corrected chi connectivity index (χ1v) is 11.9. The Morgan fingerprint density at radius 2 is 2.03 bits per heavy atom. The summed E-state index contributed by atoms with van der Waals surface area (Å²) in [5.74, 6) is 1.40. The van der Waals surface area contributed by atoms with Crippen LogP contribution in [0.1, 0.15) is 30.4 Å². The number of piperidine rings is 1. The highest BCUT2D eigenvalue weighted by molar-refractivity contribution is 5.80. The molecule has 3 heterocycles. The Bertz CT molecular complexity index is 1200. The third-order valence-electron chi connectivity index (χ3n) is 7.04. The molecular formula is C29H29N3O2. The molecule has 1 atom stereocenters. The van der Waals surface area contributed by atoms with E-state index in [1.807, 2.05) is 42.5 Å². The molecule has 0 saturated carbocycles. The number of aromatic nitrogens is 1. The van der Waals surface area contributed by atoms with Crippen molar-refractivity contribution in [2.45, 2.75) is 30.8 Å². The van der Waals surface area contributed by atoms with Crippen molar-refractivity contribution in [2.24, 2.45) is 0 Å². The Labute approximate surface area is 201 Å². The first kappa shape index (κ1) is 22.3. The number of likely N-dealkylation sites (tertiary alicyclic amines) is 1. The molecule has 0 radical (unpaired) electrons. The van der Waals surface area contributed by atoms with Crippen molar-refractivity contribution in [1.29, 1.82) is 5.26 Å². The van der Waals surface area contributed by atoms with Crippen LogP contribution in [0.3, 0.4) is 0 Å². The van der Waals surface area contributed by atoms with Gasteiger partial charge in [-0.05, 0) is 67.8 Å². The van der Waals surface area contributed by atoms with Crippen molar-refractivity contribution >= 4 is 5.57 Å². The minimum atomic E-state index is -0.365. The van der Waals surface area contributed by atoms with E-state index in [1.54, 1.807) is 13.3 Å². The summed E-state index contributed by atoms with van der Waals surface area (Å²) in [5.41, 5.74) is 3.88. The van der Waals surface area contributed by atoms with E-state index in [-0.39, 0.29) is 11.5 Å². The van der Waals surface area contributed by atoms with E-state index >= 15 is 0 Å². The van der Waals surface area contributed by atoms with Crippen LogP contribution in [0, 0.1) is 11.3 Å². The topological polar surface area (TPSA) is 58.4 Å². The minimum Gasteiger partial charge on any atom is -0.438 e. The molecule has 1 unspecified atom stereocenters. The van der Waals surface area contributed by atoms with Gasteiger partial charge in [0.25, 0.3) is 0 Å². The lowest BCUT2D eigenvalue weighted by Gasteiger charge is -2.37. The van der Waals surface area contributed by atoms with Gasteiger partial charge >= 0.3 is 0 Å². The van der Waals surface area contributed by atoms with Crippen LogP contribution in [-0.2, 0) is 10.2 Å². The van der Waals surface area contributed by atoms with E-state index in [4.69, 9.17) is 9.47 Å². The minimum absolute atomic E-state index is 0.142. The Morgan fingerprint density at radius 3 is 2.79 bits per heavy atom. The standard InChI is InChI=1S/C29H29N3O2/c1-33-26-12-5-13-27-25(26)20-22(24-11-6-16-31-28(24)34-27)8-7-17-32-18-14-29(21-30,15-19-32)23-9-3-2-4-10-23/h2-6,8-13,16,20,26H,7,14-15,17-19H2,1H3. The van der Waals surface area contributed by atoms with Crippen LogP contribution < -0.4 is 4.74 Å². The van der Waals surface area contributed by atoms with Gasteiger partial charge in [-0.15, -0.1) is 0 Å². The smallest absolute Gasteiger partial charge is 0.227 e. The summed E-state index contributed by atoms with van der Waals surface area (Å²) in [6.45, 7) is 2.81. The van der Waals surface area contributed by atoms with E-state index in [2.05, 4.69) is 46.3 Å². The summed E-state index contributed by atoms with van der Waals surface area (Å²) in [6, 6.07) is 16.9. The highest BCUT2D eigenvalue weighted by atomic mass is 16.5. The van der Waals surface area contributed by atoms with Gasteiger partial charge in [-0.1, -0.05) is 48.6 Å². The summed E-state index contributed by atoms with van der Waals surface area (Å²) in [7, 11) is 1.71. The first-order valence-electron chi connectivity index (χ1n) is 11.9. The van der Waals surface area contributed by atoms with Crippen LogP contribution in [0.25, 0.3) is 5.57 Å². The van der Waals surface area contributed by atoms with E-state index in [1.165, 1.54) is 0 Å². The zero-order valence-electron chi connectivity index (χ0n) is 19.5. The number of nitrogens with zero attached hydrogens (tertiary/aromatic N) is 3. The quantitative estimate of drug-likeness (QED) is 0.625. The molecule has 34 heavy (non-hydrogen) atoms. The number of benzene rings is 1. The van der Waals surface area contributed by atoms with Crippen molar-refractivity contribution < 1.29 is 9.47 Å². The number of ether oxygens (including phenoxy) is 2. The van der Waals surface area contributed by atoms with Gasteiger partial charge in [0.1, 0.15) is 11.9 Å². The molecule has 0 N–H and O–H groups in total. The van der Waals surface area contributed by atoms with E-state index in [9.17, 15) is 5.26 Å². The molecule has 2 aliphatic heterocycles. The SMILES string of the molecule is COC1C=CC=C2Oc3ncccc3C(=CCCN3CCC(C#N)(c4ccccc4)CC3)C=C21. The van der Waals surface area contributed by atoms with Gasteiger partial charge in [0.15, 0.2) is 0 Å². The highest BCUT2D eigenvalue weighted by Crippen LogP contribution is 2.37. The predicted octanol–water partition coefficient (Wildman–Crippen LogP) is 5.20. The molecule has 1 aromatic heterocycles. The monoisotopic (exact) mass is 451 g/mol. The molecule has 5 rings (SSSR count). The van der Waals surface area contributed by atoms with Gasteiger partial charge in [-0.2, -0.15) is 5.26 Å². The zero-order chi connectivity index (χ0) is 23.4. The number of pyridine rings is 1. The van der Waals surface area contributed by atoms with Gasteiger partial charge in [0.2, 0.25) is 5.88 Å². The van der Waals surface area contributed by atoms with E-state index < -0.39 is 0 Å². The molecule has 1 aliphatic carbocycles. The molecule has 5 nitrogen and oxygen atoms in total. The number of rotatable bonds is 5. The van der Waals surface area contributed by atoms with Crippen molar-refractivity contribution in [3.63, 3.8) is 0 Å². The van der Waals surface area contributed by atoms with Crippen molar-refractivity contribution in [3.05, 3.63) is 102 Å². The van der Waals surface area contributed by atoms with Crippen molar-refractivity contribution in [2.75, 3.05) is 26.7 Å². The number of allylic oxidation sites excluding steroid dienone is 4. The van der Waals surface area contributed by atoms with E-state index in [0.717, 1.165) is 66.9 Å². The molecule has 3 aliphatic rings. The molecule has 1 fully saturated rings. The number of nitriles is 1. The molecule has 1 saturated heterocycles. The van der Waals surface area contributed by atoms with Crippen LogP contribution in [0.5, 0.6) is 5.88 Å². The van der Waals surface area contributed by atoms with E-state index in [0.29, 0.717) is 5.88 Å². The average molecular weight is 452 g/mol. The molecule has 172 valence electrons. The maximum absolute atomic E-state index is 9.96. The molecular weight excluding hydrogens is 422 g/mol. The Balaban J connectivity index is 1.31. The normalized spacial score (nSPS) is 22.5. The lowest BCUT2D eigenvalue weighted by molar-refractivity contribution is 0.164. The number of fused-ring (bicyclic) bond motifs is 2. The molecule has 0 amide bonds. The predicted molar refractivity (Wildman–Crippen MR) is 133 cm³/mol. The largest absolute Gasteiger partial charge is 0.438 e. The molecule has 5 heteroatoms.